The molecule has 1 aliphatic rings. The highest BCUT2D eigenvalue weighted by Crippen LogP contribution is 2.25. The van der Waals surface area contributed by atoms with Crippen LogP contribution in [-0.2, 0) is 14.6 Å². The van der Waals surface area contributed by atoms with Crippen LogP contribution in [0.25, 0.3) is 0 Å². The van der Waals surface area contributed by atoms with Crippen molar-refractivity contribution in [3.8, 4) is 0 Å². The molecule has 1 saturated carbocycles. The van der Waals surface area contributed by atoms with Crippen LogP contribution < -0.4 is 10.6 Å². The van der Waals surface area contributed by atoms with Gasteiger partial charge < -0.3 is 15.7 Å². The van der Waals surface area contributed by atoms with Crippen LogP contribution in [0.1, 0.15) is 26.2 Å². The Morgan fingerprint density at radius 1 is 1.32 bits per heavy atom. The van der Waals surface area contributed by atoms with Crippen molar-refractivity contribution < 1.29 is 23.1 Å². The molecule has 7 nitrogen and oxygen atoms in total. The zero-order chi connectivity index (χ0) is 14.5. The van der Waals surface area contributed by atoms with E-state index in [9.17, 15) is 18.0 Å². The van der Waals surface area contributed by atoms with Gasteiger partial charge in [-0.1, -0.05) is 13.3 Å². The molecule has 2 unspecified atom stereocenters. The van der Waals surface area contributed by atoms with E-state index in [1.165, 1.54) is 0 Å². The Hall–Kier alpha value is -1.31. The van der Waals surface area contributed by atoms with Gasteiger partial charge in [0.2, 0.25) is 0 Å². The van der Waals surface area contributed by atoms with Gasteiger partial charge in [0.15, 0.2) is 9.84 Å². The molecule has 3 N–H and O–H groups in total. The lowest BCUT2D eigenvalue weighted by Gasteiger charge is -2.17. The minimum absolute atomic E-state index is 0.0342. The van der Waals surface area contributed by atoms with Crippen LogP contribution in [-0.4, -0.2) is 49.6 Å². The molecule has 0 spiro atoms. The van der Waals surface area contributed by atoms with Crippen molar-refractivity contribution in [2.45, 2.75) is 32.2 Å². The number of nitrogens with one attached hydrogen (secondary N) is 2. The first-order valence-corrected chi connectivity index (χ1v) is 8.15. The maximum Gasteiger partial charge on any atom is 0.315 e. The standard InChI is InChI=1S/C11H20N2O5S/c1-2-19(17,18)7-6-12-11(16)13-9-5-3-4-8(9)10(14)15/h8-9H,2-7H2,1H3,(H,14,15)(H2,12,13,16). The molecule has 2 amide bonds. The van der Waals surface area contributed by atoms with Crippen LogP contribution in [0.15, 0.2) is 0 Å². The zero-order valence-electron chi connectivity index (χ0n) is 10.9. The second kappa shape index (κ2) is 6.74. The summed E-state index contributed by atoms with van der Waals surface area (Å²) in [5.74, 6) is -1.52. The SMILES string of the molecule is CCS(=O)(=O)CCNC(=O)NC1CCCC1C(=O)O. The normalized spacial score (nSPS) is 23.0. The number of hydrogen-bond acceptors (Lipinski definition) is 4. The van der Waals surface area contributed by atoms with Gasteiger partial charge >= 0.3 is 12.0 Å². The number of carboxylic acid groups (broad SMARTS) is 1. The molecule has 0 aromatic carbocycles. The van der Waals surface area contributed by atoms with E-state index in [0.717, 1.165) is 6.42 Å². The molecule has 1 aliphatic carbocycles. The van der Waals surface area contributed by atoms with E-state index in [1.807, 2.05) is 0 Å². The fourth-order valence-corrected chi connectivity index (χ4v) is 2.81. The molecule has 0 saturated heterocycles. The summed E-state index contributed by atoms with van der Waals surface area (Å²) in [5.41, 5.74) is 0. The first kappa shape index (κ1) is 15.7. The van der Waals surface area contributed by atoms with Crippen molar-refractivity contribution in [2.75, 3.05) is 18.1 Å². The van der Waals surface area contributed by atoms with Gasteiger partial charge in [-0.25, -0.2) is 13.2 Å². The highest BCUT2D eigenvalue weighted by Gasteiger charge is 2.33. The number of carbonyl (C=O) groups is 2. The summed E-state index contributed by atoms with van der Waals surface area (Å²) in [6.07, 6.45) is 1.97. The molecular formula is C11H20N2O5S. The van der Waals surface area contributed by atoms with Gasteiger partial charge in [0.05, 0.1) is 11.7 Å². The summed E-state index contributed by atoms with van der Waals surface area (Å²) in [6, 6.07) is -0.885. The zero-order valence-corrected chi connectivity index (χ0v) is 11.7. The molecule has 1 fully saturated rings. The van der Waals surface area contributed by atoms with Gasteiger partial charge in [0.25, 0.3) is 0 Å². The number of hydrogen-bond donors (Lipinski definition) is 3. The molecule has 0 aromatic heterocycles. The van der Waals surface area contributed by atoms with Gasteiger partial charge in [-0.2, -0.15) is 0 Å². The van der Waals surface area contributed by atoms with E-state index in [4.69, 9.17) is 5.11 Å². The van der Waals surface area contributed by atoms with Crippen molar-refractivity contribution in [3.63, 3.8) is 0 Å². The second-order valence-corrected chi connectivity index (χ2v) is 7.09. The molecule has 1 rings (SSSR count). The number of carboxylic acids is 1. The van der Waals surface area contributed by atoms with E-state index in [1.54, 1.807) is 6.92 Å². The molecule has 8 heteroatoms. The minimum Gasteiger partial charge on any atom is -0.481 e. The average Bonchev–Trinajstić information content (AvgIpc) is 2.77. The van der Waals surface area contributed by atoms with Crippen LogP contribution in [0, 0.1) is 5.92 Å². The predicted molar refractivity (Wildman–Crippen MR) is 69.6 cm³/mol. The van der Waals surface area contributed by atoms with Crippen LogP contribution in [0.5, 0.6) is 0 Å². The summed E-state index contributed by atoms with van der Waals surface area (Å²) >= 11 is 0. The Bertz CT molecular complexity index is 434. The van der Waals surface area contributed by atoms with Gasteiger partial charge in [-0.05, 0) is 12.8 Å². The Labute approximate surface area is 112 Å². The number of urea groups is 1. The Kier molecular flexibility index (Phi) is 5.59. The Balaban J connectivity index is 2.33. The third-order valence-electron chi connectivity index (χ3n) is 3.29. The molecule has 19 heavy (non-hydrogen) atoms. The smallest absolute Gasteiger partial charge is 0.315 e. The molecule has 0 bridgehead atoms. The van der Waals surface area contributed by atoms with Crippen LogP contribution in [0.4, 0.5) is 4.79 Å². The van der Waals surface area contributed by atoms with E-state index >= 15 is 0 Å². The Morgan fingerprint density at radius 2 is 2.00 bits per heavy atom. The summed E-state index contributed by atoms with van der Waals surface area (Å²) < 4.78 is 22.4. The van der Waals surface area contributed by atoms with E-state index in [-0.39, 0.29) is 24.1 Å². The summed E-state index contributed by atoms with van der Waals surface area (Å²) in [4.78, 5) is 22.5. The number of amides is 2. The molecule has 110 valence electrons. The highest BCUT2D eigenvalue weighted by atomic mass is 32.2. The third-order valence-corrected chi connectivity index (χ3v) is 4.99. The summed E-state index contributed by atoms with van der Waals surface area (Å²) in [7, 11) is -3.10. The van der Waals surface area contributed by atoms with Gasteiger partial charge in [0.1, 0.15) is 0 Å². The lowest BCUT2D eigenvalue weighted by atomic mass is 10.0. The number of carbonyl (C=O) groups excluding carboxylic acids is 1. The average molecular weight is 292 g/mol. The summed E-state index contributed by atoms with van der Waals surface area (Å²) in [6.45, 7) is 1.58. The number of rotatable bonds is 6. The fraction of sp³-hybridized carbons (Fsp3) is 0.818. The molecule has 0 aliphatic heterocycles. The summed E-state index contributed by atoms with van der Waals surface area (Å²) in [5, 5.41) is 14.0. The van der Waals surface area contributed by atoms with Crippen molar-refractivity contribution >= 4 is 21.8 Å². The van der Waals surface area contributed by atoms with Crippen molar-refractivity contribution in [2.24, 2.45) is 5.92 Å². The van der Waals surface area contributed by atoms with E-state index in [0.29, 0.717) is 12.8 Å². The molecule has 2 atom stereocenters. The van der Waals surface area contributed by atoms with Crippen LogP contribution >= 0.6 is 0 Å². The number of sulfone groups is 1. The largest absolute Gasteiger partial charge is 0.481 e. The predicted octanol–water partition coefficient (Wildman–Crippen LogP) is -0.0264. The lowest BCUT2D eigenvalue weighted by Crippen LogP contribution is -2.46. The van der Waals surface area contributed by atoms with Crippen LogP contribution in [0.2, 0.25) is 0 Å². The molecular weight excluding hydrogens is 272 g/mol. The monoisotopic (exact) mass is 292 g/mol. The van der Waals surface area contributed by atoms with Crippen LogP contribution in [0.3, 0.4) is 0 Å². The fourth-order valence-electron chi connectivity index (χ4n) is 2.11. The highest BCUT2D eigenvalue weighted by molar-refractivity contribution is 7.91. The maximum absolute atomic E-state index is 11.5. The quantitative estimate of drug-likeness (QED) is 0.636. The van der Waals surface area contributed by atoms with Gasteiger partial charge in [-0.15, -0.1) is 0 Å². The third kappa shape index (κ3) is 5.06. The molecule has 0 heterocycles. The topological polar surface area (TPSA) is 113 Å². The molecule has 0 radical (unpaired) electrons. The molecule has 0 aromatic rings. The minimum atomic E-state index is -3.10. The van der Waals surface area contributed by atoms with Gasteiger partial charge in [0, 0.05) is 18.3 Å². The number of aliphatic carboxylic acids is 1. The van der Waals surface area contributed by atoms with Crippen molar-refractivity contribution in [3.05, 3.63) is 0 Å². The van der Waals surface area contributed by atoms with Crippen molar-refractivity contribution in [1.29, 1.82) is 0 Å². The van der Waals surface area contributed by atoms with E-state index in [2.05, 4.69) is 10.6 Å². The second-order valence-electron chi connectivity index (χ2n) is 4.62. The first-order chi connectivity index (χ1) is 8.85. The Morgan fingerprint density at radius 3 is 2.58 bits per heavy atom. The maximum atomic E-state index is 11.5. The first-order valence-electron chi connectivity index (χ1n) is 6.33. The van der Waals surface area contributed by atoms with Crippen molar-refractivity contribution in [1.82, 2.24) is 10.6 Å². The lowest BCUT2D eigenvalue weighted by molar-refractivity contribution is -0.142. The van der Waals surface area contributed by atoms with Gasteiger partial charge in [-0.3, -0.25) is 4.79 Å². The van der Waals surface area contributed by atoms with E-state index < -0.39 is 27.8 Å².